The van der Waals surface area contributed by atoms with Crippen LogP contribution in [0.5, 0.6) is 5.75 Å². The summed E-state index contributed by atoms with van der Waals surface area (Å²) in [7, 11) is -2.30. The van der Waals surface area contributed by atoms with Crippen molar-refractivity contribution in [3.8, 4) is 5.75 Å². The van der Waals surface area contributed by atoms with Gasteiger partial charge in [-0.05, 0) is 24.6 Å². The fraction of sp³-hybridized carbons (Fsp3) is 0.471. The lowest BCUT2D eigenvalue weighted by Crippen LogP contribution is -2.40. The van der Waals surface area contributed by atoms with Crippen molar-refractivity contribution in [2.24, 2.45) is 0 Å². The number of amides is 1. The lowest BCUT2D eigenvalue weighted by atomic mass is 10.2. The maximum atomic E-state index is 12.9. The van der Waals surface area contributed by atoms with Gasteiger partial charge in [-0.1, -0.05) is 18.3 Å². The topological polar surface area (TPSA) is 111 Å². The summed E-state index contributed by atoms with van der Waals surface area (Å²) < 4.78 is 37.5. The Morgan fingerprint density at radius 2 is 2.07 bits per heavy atom. The van der Waals surface area contributed by atoms with Gasteiger partial charge in [-0.2, -0.15) is 4.31 Å². The number of methoxy groups -OCH3 is 1. The predicted molar refractivity (Wildman–Crippen MR) is 104 cm³/mol. The third-order valence-corrected chi connectivity index (χ3v) is 6.97. The van der Waals surface area contributed by atoms with Gasteiger partial charge < -0.3 is 9.47 Å². The van der Waals surface area contributed by atoms with E-state index in [0.717, 1.165) is 17.8 Å². The first-order valence-corrected chi connectivity index (χ1v) is 11.1. The fourth-order valence-corrected chi connectivity index (χ4v) is 5.02. The minimum Gasteiger partial charge on any atom is -0.496 e. The van der Waals surface area contributed by atoms with E-state index in [1.165, 1.54) is 41.0 Å². The molecule has 1 N–H and O–H groups in total. The first kappa shape index (κ1) is 20.6. The second-order valence-corrected chi connectivity index (χ2v) is 9.08. The molecule has 0 aliphatic carbocycles. The standard InChI is InChI=1S/C17H22N4O5S2/c1-3-4-15-19-20-17(27-15)18-16(22)13-11-12(5-6-14(13)25-2)28(23,24)21-7-9-26-10-8-21/h5-6,11H,3-4,7-10H2,1-2H3,(H,18,20,22). The third kappa shape index (κ3) is 4.49. The molecule has 3 rings (SSSR count). The van der Waals surface area contributed by atoms with Gasteiger partial charge >= 0.3 is 0 Å². The summed E-state index contributed by atoms with van der Waals surface area (Å²) in [5.74, 6) is -0.230. The Morgan fingerprint density at radius 3 is 2.75 bits per heavy atom. The quantitative estimate of drug-likeness (QED) is 0.718. The van der Waals surface area contributed by atoms with Gasteiger partial charge in [0.25, 0.3) is 5.91 Å². The Labute approximate surface area is 167 Å². The molecule has 0 bridgehead atoms. The molecule has 11 heteroatoms. The zero-order valence-corrected chi connectivity index (χ0v) is 17.3. The predicted octanol–water partition coefficient (Wildman–Crippen LogP) is 1.77. The van der Waals surface area contributed by atoms with E-state index in [9.17, 15) is 13.2 Å². The lowest BCUT2D eigenvalue weighted by molar-refractivity contribution is 0.0730. The van der Waals surface area contributed by atoms with E-state index < -0.39 is 15.9 Å². The third-order valence-electron chi connectivity index (χ3n) is 4.17. The minimum absolute atomic E-state index is 0.0317. The molecule has 1 aromatic heterocycles. The maximum absolute atomic E-state index is 12.9. The Kier molecular flexibility index (Phi) is 6.60. The van der Waals surface area contributed by atoms with E-state index in [2.05, 4.69) is 15.5 Å². The number of carbonyl (C=O) groups excluding carboxylic acids is 1. The van der Waals surface area contributed by atoms with E-state index in [-0.39, 0.29) is 29.3 Å². The average molecular weight is 427 g/mol. The van der Waals surface area contributed by atoms with Gasteiger partial charge in [0.05, 0.1) is 30.8 Å². The molecule has 0 radical (unpaired) electrons. The van der Waals surface area contributed by atoms with Crippen LogP contribution < -0.4 is 10.1 Å². The minimum atomic E-state index is -3.73. The summed E-state index contributed by atoms with van der Waals surface area (Å²) in [5, 5.41) is 11.8. The van der Waals surface area contributed by atoms with E-state index in [1.54, 1.807) is 0 Å². The van der Waals surface area contributed by atoms with E-state index in [4.69, 9.17) is 9.47 Å². The molecule has 9 nitrogen and oxygen atoms in total. The van der Waals surface area contributed by atoms with Gasteiger partial charge in [-0.25, -0.2) is 8.42 Å². The van der Waals surface area contributed by atoms with Crippen LogP contribution in [0.4, 0.5) is 5.13 Å². The second-order valence-electron chi connectivity index (χ2n) is 6.08. The monoisotopic (exact) mass is 426 g/mol. The summed E-state index contributed by atoms with van der Waals surface area (Å²) in [6, 6.07) is 4.24. The molecule has 0 unspecified atom stereocenters. The first-order chi connectivity index (χ1) is 13.5. The van der Waals surface area contributed by atoms with Gasteiger partial charge in [0.1, 0.15) is 10.8 Å². The van der Waals surface area contributed by atoms with Crippen LogP contribution >= 0.6 is 11.3 Å². The SMILES string of the molecule is CCCc1nnc(NC(=O)c2cc(S(=O)(=O)N3CCOCC3)ccc2OC)s1. The molecule has 2 heterocycles. The van der Waals surface area contributed by atoms with Gasteiger partial charge in [-0.15, -0.1) is 10.2 Å². The molecule has 28 heavy (non-hydrogen) atoms. The van der Waals surface area contributed by atoms with Gasteiger partial charge in [0.15, 0.2) is 0 Å². The van der Waals surface area contributed by atoms with Crippen molar-refractivity contribution in [2.75, 3.05) is 38.7 Å². The van der Waals surface area contributed by atoms with E-state index in [1.807, 2.05) is 6.92 Å². The molecule has 1 aliphatic heterocycles. The molecule has 1 aliphatic rings. The normalized spacial score (nSPS) is 15.4. The van der Waals surface area contributed by atoms with E-state index in [0.29, 0.717) is 18.3 Å². The highest BCUT2D eigenvalue weighted by atomic mass is 32.2. The number of anilines is 1. The number of benzene rings is 1. The van der Waals surface area contributed by atoms with Crippen LogP contribution in [0.25, 0.3) is 0 Å². The number of rotatable bonds is 7. The Morgan fingerprint density at radius 1 is 1.32 bits per heavy atom. The number of hydrogen-bond donors (Lipinski definition) is 1. The fourth-order valence-electron chi connectivity index (χ4n) is 2.74. The zero-order valence-electron chi connectivity index (χ0n) is 15.7. The Balaban J connectivity index is 1.86. The van der Waals surface area contributed by atoms with Crippen LogP contribution in [-0.2, 0) is 21.2 Å². The summed E-state index contributed by atoms with van der Waals surface area (Å²) in [6.07, 6.45) is 1.71. The molecule has 0 atom stereocenters. The molecular weight excluding hydrogens is 404 g/mol. The molecule has 0 saturated carbocycles. The van der Waals surface area contributed by atoms with Crippen LogP contribution in [-0.4, -0.2) is 62.2 Å². The highest BCUT2D eigenvalue weighted by Gasteiger charge is 2.28. The van der Waals surface area contributed by atoms with Crippen molar-refractivity contribution in [3.63, 3.8) is 0 Å². The van der Waals surface area contributed by atoms with Gasteiger partial charge in [0, 0.05) is 19.5 Å². The number of nitrogens with one attached hydrogen (secondary N) is 1. The molecule has 1 fully saturated rings. The summed E-state index contributed by atoms with van der Waals surface area (Å²) in [5.41, 5.74) is 0.115. The van der Waals surface area contributed by atoms with Crippen LogP contribution in [0, 0.1) is 0 Å². The largest absolute Gasteiger partial charge is 0.496 e. The zero-order chi connectivity index (χ0) is 20.1. The number of morpholine rings is 1. The average Bonchev–Trinajstić information content (AvgIpc) is 3.15. The van der Waals surface area contributed by atoms with Crippen molar-refractivity contribution in [3.05, 3.63) is 28.8 Å². The number of sulfonamides is 1. The van der Waals surface area contributed by atoms with Gasteiger partial charge in [-0.3, -0.25) is 10.1 Å². The number of aromatic nitrogens is 2. The number of hydrogen-bond acceptors (Lipinski definition) is 8. The van der Waals surface area contributed by atoms with Crippen LogP contribution in [0.2, 0.25) is 0 Å². The number of ether oxygens (including phenoxy) is 2. The Hall–Kier alpha value is -2.08. The first-order valence-electron chi connectivity index (χ1n) is 8.85. The molecule has 1 saturated heterocycles. The van der Waals surface area contributed by atoms with Crippen LogP contribution in [0.15, 0.2) is 23.1 Å². The van der Waals surface area contributed by atoms with Gasteiger partial charge in [0.2, 0.25) is 15.2 Å². The van der Waals surface area contributed by atoms with Crippen molar-refractivity contribution < 1.29 is 22.7 Å². The molecule has 1 amide bonds. The molecule has 152 valence electrons. The Bertz CT molecular complexity index is 939. The van der Waals surface area contributed by atoms with Crippen molar-refractivity contribution in [1.82, 2.24) is 14.5 Å². The molecule has 1 aromatic carbocycles. The van der Waals surface area contributed by atoms with Crippen molar-refractivity contribution >= 4 is 32.4 Å². The lowest BCUT2D eigenvalue weighted by Gasteiger charge is -2.26. The number of carbonyl (C=O) groups is 1. The highest BCUT2D eigenvalue weighted by Crippen LogP contribution is 2.26. The summed E-state index contributed by atoms with van der Waals surface area (Å²) >= 11 is 1.29. The summed E-state index contributed by atoms with van der Waals surface area (Å²) in [4.78, 5) is 12.8. The molecule has 2 aromatic rings. The second kappa shape index (κ2) is 8.95. The van der Waals surface area contributed by atoms with Crippen LogP contribution in [0.1, 0.15) is 28.7 Å². The van der Waals surface area contributed by atoms with Crippen molar-refractivity contribution in [1.29, 1.82) is 0 Å². The number of aryl methyl sites for hydroxylation is 1. The summed E-state index contributed by atoms with van der Waals surface area (Å²) in [6.45, 7) is 3.28. The highest BCUT2D eigenvalue weighted by molar-refractivity contribution is 7.89. The number of nitrogens with zero attached hydrogens (tertiary/aromatic N) is 3. The molecular formula is C17H22N4O5S2. The molecule has 0 spiro atoms. The van der Waals surface area contributed by atoms with Crippen LogP contribution in [0.3, 0.4) is 0 Å². The smallest absolute Gasteiger partial charge is 0.261 e. The van der Waals surface area contributed by atoms with Crippen molar-refractivity contribution in [2.45, 2.75) is 24.7 Å². The maximum Gasteiger partial charge on any atom is 0.261 e. The van der Waals surface area contributed by atoms with E-state index >= 15 is 0 Å².